The van der Waals surface area contributed by atoms with Crippen LogP contribution in [0.25, 0.3) is 0 Å². The monoisotopic (exact) mass is 100 g/mol. The SMILES string of the molecule is OC1C[C]COC1. The van der Waals surface area contributed by atoms with Crippen molar-refractivity contribution in [2.45, 2.75) is 12.5 Å². The molecule has 1 saturated heterocycles. The second-order valence-corrected chi connectivity index (χ2v) is 1.62. The van der Waals surface area contributed by atoms with Gasteiger partial charge in [-0.3, -0.25) is 0 Å². The van der Waals surface area contributed by atoms with Gasteiger partial charge in [0.25, 0.3) is 0 Å². The Morgan fingerprint density at radius 2 is 2.57 bits per heavy atom. The van der Waals surface area contributed by atoms with Gasteiger partial charge in [0.1, 0.15) is 0 Å². The standard InChI is InChI=1S/C5H8O2/c6-5-2-1-3-7-4-5/h5-6H,2-4H2. The van der Waals surface area contributed by atoms with Crippen LogP contribution >= 0.6 is 0 Å². The van der Waals surface area contributed by atoms with E-state index in [1.807, 2.05) is 0 Å². The van der Waals surface area contributed by atoms with Gasteiger partial charge < -0.3 is 9.84 Å². The van der Waals surface area contributed by atoms with Gasteiger partial charge in [0.05, 0.1) is 19.3 Å². The van der Waals surface area contributed by atoms with Crippen LogP contribution in [0.3, 0.4) is 0 Å². The van der Waals surface area contributed by atoms with Crippen LogP contribution in [-0.2, 0) is 4.74 Å². The summed E-state index contributed by atoms with van der Waals surface area (Å²) in [4.78, 5) is 0. The Kier molecular flexibility index (Phi) is 1.65. The molecule has 0 bridgehead atoms. The summed E-state index contributed by atoms with van der Waals surface area (Å²) in [6, 6.07) is 0. The molecule has 2 radical (unpaired) electrons. The Balaban J connectivity index is 2.12. The summed E-state index contributed by atoms with van der Waals surface area (Å²) >= 11 is 0. The molecule has 2 nitrogen and oxygen atoms in total. The van der Waals surface area contributed by atoms with E-state index in [4.69, 9.17) is 9.84 Å². The Labute approximate surface area is 43.1 Å². The molecule has 1 fully saturated rings. The predicted octanol–water partition coefficient (Wildman–Crippen LogP) is -0.151. The lowest BCUT2D eigenvalue weighted by Gasteiger charge is -2.15. The van der Waals surface area contributed by atoms with Crippen molar-refractivity contribution in [3.8, 4) is 0 Å². The first-order valence-electron chi connectivity index (χ1n) is 2.36. The van der Waals surface area contributed by atoms with Crippen molar-refractivity contribution in [3.05, 3.63) is 6.42 Å². The zero-order valence-corrected chi connectivity index (χ0v) is 4.05. The molecule has 1 rings (SSSR count). The second kappa shape index (κ2) is 2.28. The van der Waals surface area contributed by atoms with E-state index in [1.54, 1.807) is 0 Å². The highest BCUT2D eigenvalue weighted by atomic mass is 16.5. The lowest BCUT2D eigenvalue weighted by Crippen LogP contribution is -2.21. The van der Waals surface area contributed by atoms with E-state index in [-0.39, 0.29) is 6.10 Å². The van der Waals surface area contributed by atoms with Gasteiger partial charge in [0.2, 0.25) is 0 Å². The zero-order chi connectivity index (χ0) is 5.11. The Bertz CT molecular complexity index is 48.0. The van der Waals surface area contributed by atoms with Gasteiger partial charge in [-0.2, -0.15) is 0 Å². The van der Waals surface area contributed by atoms with Gasteiger partial charge in [0.15, 0.2) is 0 Å². The maximum absolute atomic E-state index is 8.72. The number of hydrogen-bond donors (Lipinski definition) is 1. The van der Waals surface area contributed by atoms with Crippen LogP contribution in [0.1, 0.15) is 6.42 Å². The molecule has 0 aliphatic carbocycles. The average molecular weight is 100 g/mol. The largest absolute Gasteiger partial charge is 0.391 e. The molecule has 7 heavy (non-hydrogen) atoms. The van der Waals surface area contributed by atoms with Gasteiger partial charge in [-0.1, -0.05) is 0 Å². The molecule has 2 heteroatoms. The van der Waals surface area contributed by atoms with Crippen LogP contribution in [0.4, 0.5) is 0 Å². The Hall–Kier alpha value is -0.0800. The number of aliphatic hydroxyl groups excluding tert-OH is 1. The second-order valence-electron chi connectivity index (χ2n) is 1.62. The van der Waals surface area contributed by atoms with E-state index in [1.165, 1.54) is 0 Å². The zero-order valence-electron chi connectivity index (χ0n) is 4.05. The number of aliphatic hydroxyl groups is 1. The molecule has 1 unspecified atom stereocenters. The quantitative estimate of drug-likeness (QED) is 0.458. The predicted molar refractivity (Wildman–Crippen MR) is 24.7 cm³/mol. The van der Waals surface area contributed by atoms with Crippen molar-refractivity contribution in [3.63, 3.8) is 0 Å². The maximum Gasteiger partial charge on any atom is 0.0780 e. The molecule has 0 amide bonds. The molecule has 1 atom stereocenters. The van der Waals surface area contributed by atoms with Gasteiger partial charge in [0, 0.05) is 6.42 Å². The summed E-state index contributed by atoms with van der Waals surface area (Å²) < 4.78 is 4.82. The molecule has 0 aromatic heterocycles. The highest BCUT2D eigenvalue weighted by molar-refractivity contribution is 4.73. The molecular formula is C5H8O2. The van der Waals surface area contributed by atoms with Crippen molar-refractivity contribution >= 4 is 0 Å². The first kappa shape index (κ1) is 5.06. The minimum Gasteiger partial charge on any atom is -0.391 e. The van der Waals surface area contributed by atoms with E-state index in [0.717, 1.165) is 0 Å². The van der Waals surface area contributed by atoms with Crippen LogP contribution in [0.5, 0.6) is 0 Å². The molecule has 40 valence electrons. The molecule has 0 aromatic carbocycles. The van der Waals surface area contributed by atoms with Crippen molar-refractivity contribution in [1.82, 2.24) is 0 Å². The number of rotatable bonds is 0. The highest BCUT2D eigenvalue weighted by Crippen LogP contribution is 2.02. The molecule has 0 aromatic rings. The lowest BCUT2D eigenvalue weighted by molar-refractivity contribution is 0.0179. The van der Waals surface area contributed by atoms with Crippen molar-refractivity contribution in [2.75, 3.05) is 13.2 Å². The van der Waals surface area contributed by atoms with Crippen molar-refractivity contribution < 1.29 is 9.84 Å². The number of hydrogen-bond acceptors (Lipinski definition) is 2. The van der Waals surface area contributed by atoms with Crippen LogP contribution < -0.4 is 0 Å². The van der Waals surface area contributed by atoms with Crippen molar-refractivity contribution in [1.29, 1.82) is 0 Å². The molecule has 0 spiro atoms. The third kappa shape index (κ3) is 1.45. The van der Waals surface area contributed by atoms with Crippen LogP contribution in [0.15, 0.2) is 0 Å². The fourth-order valence-electron chi connectivity index (χ4n) is 0.552. The van der Waals surface area contributed by atoms with E-state index < -0.39 is 0 Å². The fraction of sp³-hybridized carbons (Fsp3) is 0.800. The topological polar surface area (TPSA) is 29.5 Å². The summed E-state index contributed by atoms with van der Waals surface area (Å²) in [5, 5.41) is 8.72. The fourth-order valence-corrected chi connectivity index (χ4v) is 0.552. The van der Waals surface area contributed by atoms with Gasteiger partial charge >= 0.3 is 0 Å². The third-order valence-electron chi connectivity index (χ3n) is 0.894. The van der Waals surface area contributed by atoms with E-state index in [0.29, 0.717) is 19.6 Å². The van der Waals surface area contributed by atoms with Crippen LogP contribution in [0, 0.1) is 6.42 Å². The van der Waals surface area contributed by atoms with Gasteiger partial charge in [-0.25, -0.2) is 0 Å². The van der Waals surface area contributed by atoms with Crippen LogP contribution in [-0.4, -0.2) is 24.4 Å². The summed E-state index contributed by atoms with van der Waals surface area (Å²) in [5.74, 6) is 0. The van der Waals surface area contributed by atoms with E-state index in [9.17, 15) is 0 Å². The minimum absolute atomic E-state index is 0.297. The molecule has 1 N–H and O–H groups in total. The Morgan fingerprint density at radius 3 is 2.86 bits per heavy atom. The third-order valence-corrected chi connectivity index (χ3v) is 0.894. The normalized spacial score (nSPS) is 33.0. The van der Waals surface area contributed by atoms with Crippen LogP contribution in [0.2, 0.25) is 0 Å². The molecule has 1 heterocycles. The van der Waals surface area contributed by atoms with E-state index in [2.05, 4.69) is 6.42 Å². The smallest absolute Gasteiger partial charge is 0.0780 e. The maximum atomic E-state index is 8.72. The first-order chi connectivity index (χ1) is 3.39. The molecule has 0 saturated carbocycles. The van der Waals surface area contributed by atoms with Gasteiger partial charge in [-0.05, 0) is 6.42 Å². The molecular weight excluding hydrogens is 92.1 g/mol. The molecule has 1 aliphatic heterocycles. The van der Waals surface area contributed by atoms with E-state index >= 15 is 0 Å². The molecule has 1 aliphatic rings. The van der Waals surface area contributed by atoms with Crippen molar-refractivity contribution in [2.24, 2.45) is 0 Å². The minimum atomic E-state index is -0.297. The summed E-state index contributed by atoms with van der Waals surface area (Å²) in [6.07, 6.45) is 3.23. The summed E-state index contributed by atoms with van der Waals surface area (Å²) in [7, 11) is 0. The summed E-state index contributed by atoms with van der Waals surface area (Å²) in [6.45, 7) is 1.06. The first-order valence-corrected chi connectivity index (χ1v) is 2.36. The average Bonchev–Trinajstić information content (AvgIpc) is 1.69. The van der Waals surface area contributed by atoms with Gasteiger partial charge in [-0.15, -0.1) is 0 Å². The highest BCUT2D eigenvalue weighted by Gasteiger charge is 2.08. The summed E-state index contributed by atoms with van der Waals surface area (Å²) in [5.41, 5.74) is 0. The number of ether oxygens (including phenoxy) is 1. The Morgan fingerprint density at radius 1 is 1.71 bits per heavy atom. The lowest BCUT2D eigenvalue weighted by atomic mass is 10.2.